The molecule has 6 nitrogen and oxygen atoms in total. The molecule has 3 aliphatic heterocycles. The third-order valence-electron chi connectivity index (χ3n) is 6.79. The molecular formula is C26H37NO5. The largest absolute Gasteiger partial charge is 0.493 e. The monoisotopic (exact) mass is 443 g/mol. The van der Waals surface area contributed by atoms with Crippen molar-refractivity contribution in [1.29, 1.82) is 0 Å². The van der Waals surface area contributed by atoms with Gasteiger partial charge in [-0.2, -0.15) is 0 Å². The Bertz CT molecular complexity index is 820. The Kier molecular flexibility index (Phi) is 7.11. The fraction of sp³-hybridized carbons (Fsp3) is 0.654. The predicted molar refractivity (Wildman–Crippen MR) is 124 cm³/mol. The van der Waals surface area contributed by atoms with Crippen LogP contribution in [-0.4, -0.2) is 60.2 Å². The van der Waals surface area contributed by atoms with Crippen LogP contribution in [0.2, 0.25) is 0 Å². The highest BCUT2D eigenvalue weighted by molar-refractivity contribution is 5.74. The molecule has 3 heterocycles. The molecule has 1 N–H and O–H groups in total. The summed E-state index contributed by atoms with van der Waals surface area (Å²) < 4.78 is 17.1. The van der Waals surface area contributed by atoms with E-state index in [1.807, 2.05) is 37.8 Å². The van der Waals surface area contributed by atoms with Crippen LogP contribution in [0.1, 0.15) is 64.9 Å². The summed E-state index contributed by atoms with van der Waals surface area (Å²) in [4.78, 5) is 14.8. The molecule has 32 heavy (non-hydrogen) atoms. The number of carbonyl (C=O) groups is 1. The van der Waals surface area contributed by atoms with Gasteiger partial charge in [0.05, 0.1) is 13.2 Å². The van der Waals surface area contributed by atoms with Crippen LogP contribution >= 0.6 is 0 Å². The smallest absolute Gasteiger partial charge is 0.410 e. The summed E-state index contributed by atoms with van der Waals surface area (Å²) >= 11 is 0. The van der Waals surface area contributed by atoms with Crippen molar-refractivity contribution in [1.82, 2.24) is 4.90 Å². The lowest BCUT2D eigenvalue weighted by Gasteiger charge is -2.31. The second-order valence-corrected chi connectivity index (χ2v) is 10.3. The second kappa shape index (κ2) is 9.84. The van der Waals surface area contributed by atoms with Crippen LogP contribution in [-0.2, 0) is 9.47 Å². The Balaban J connectivity index is 1.46. The number of rotatable bonds is 5. The van der Waals surface area contributed by atoms with Crippen LogP contribution in [0.15, 0.2) is 29.8 Å². The van der Waals surface area contributed by atoms with Gasteiger partial charge in [-0.1, -0.05) is 12.1 Å². The molecule has 176 valence electrons. The Labute approximate surface area is 191 Å². The molecule has 0 spiro atoms. The number of aliphatic hydroxyl groups excluding tert-OH is 1. The first-order valence-corrected chi connectivity index (χ1v) is 12.0. The summed E-state index contributed by atoms with van der Waals surface area (Å²) in [5.74, 6) is 1.43. The summed E-state index contributed by atoms with van der Waals surface area (Å²) in [6.45, 7) is 8.10. The van der Waals surface area contributed by atoms with Gasteiger partial charge in [0.1, 0.15) is 11.4 Å². The average molecular weight is 444 g/mol. The van der Waals surface area contributed by atoms with Gasteiger partial charge in [-0.25, -0.2) is 4.79 Å². The van der Waals surface area contributed by atoms with E-state index in [2.05, 4.69) is 12.1 Å². The first-order valence-electron chi connectivity index (χ1n) is 12.0. The van der Waals surface area contributed by atoms with Gasteiger partial charge in [-0.05, 0) is 94.1 Å². The number of fused-ring (bicyclic) bond motifs is 2. The van der Waals surface area contributed by atoms with E-state index in [-0.39, 0.29) is 24.8 Å². The Morgan fingerprint density at radius 1 is 1.06 bits per heavy atom. The van der Waals surface area contributed by atoms with Gasteiger partial charge in [0.15, 0.2) is 0 Å². The molecular weight excluding hydrogens is 406 g/mol. The molecule has 1 aromatic rings. The molecule has 0 aromatic heterocycles. The van der Waals surface area contributed by atoms with E-state index >= 15 is 0 Å². The fourth-order valence-electron chi connectivity index (χ4n) is 5.12. The molecule has 0 radical (unpaired) electrons. The summed E-state index contributed by atoms with van der Waals surface area (Å²) in [6, 6.07) is 8.41. The molecule has 2 bridgehead atoms. The highest BCUT2D eigenvalue weighted by Gasteiger charge is 2.42. The third-order valence-corrected chi connectivity index (χ3v) is 6.79. The second-order valence-electron chi connectivity index (χ2n) is 10.3. The molecule has 1 aromatic carbocycles. The SMILES string of the molecule is CC(C)(C)OC(=O)N1C2CCC1CC(c1ccc(OCC3CCOCC3)cc1)=C(CO)C2. The normalized spacial score (nSPS) is 24.4. The number of ether oxygens (including phenoxy) is 3. The molecule has 0 saturated carbocycles. The van der Waals surface area contributed by atoms with E-state index in [1.165, 1.54) is 0 Å². The lowest BCUT2D eigenvalue weighted by molar-refractivity contribution is 0.0155. The topological polar surface area (TPSA) is 68.2 Å². The molecule has 0 aliphatic carbocycles. The summed E-state index contributed by atoms with van der Waals surface area (Å²) in [5.41, 5.74) is 2.77. The minimum Gasteiger partial charge on any atom is -0.493 e. The van der Waals surface area contributed by atoms with Crippen molar-refractivity contribution < 1.29 is 24.1 Å². The van der Waals surface area contributed by atoms with Crippen molar-refractivity contribution in [2.45, 2.75) is 77.0 Å². The highest BCUT2D eigenvalue weighted by atomic mass is 16.6. The van der Waals surface area contributed by atoms with Gasteiger partial charge < -0.3 is 24.2 Å². The summed E-state index contributed by atoms with van der Waals surface area (Å²) in [6.07, 6.45) is 5.25. The Morgan fingerprint density at radius 3 is 2.34 bits per heavy atom. The lowest BCUT2D eigenvalue weighted by atomic mass is 9.89. The van der Waals surface area contributed by atoms with Crippen LogP contribution in [0.25, 0.3) is 5.57 Å². The number of carbonyl (C=O) groups excluding carboxylic acids is 1. The van der Waals surface area contributed by atoms with Gasteiger partial charge in [-0.3, -0.25) is 0 Å². The van der Waals surface area contributed by atoms with Gasteiger partial charge >= 0.3 is 6.09 Å². The molecule has 2 unspecified atom stereocenters. The number of aliphatic hydroxyl groups is 1. The molecule has 1 amide bonds. The highest BCUT2D eigenvalue weighted by Crippen LogP contribution is 2.41. The van der Waals surface area contributed by atoms with Gasteiger partial charge in [-0.15, -0.1) is 0 Å². The first kappa shape index (κ1) is 23.1. The average Bonchev–Trinajstić information content (AvgIpc) is 3.08. The maximum Gasteiger partial charge on any atom is 0.410 e. The van der Waals surface area contributed by atoms with Crippen molar-refractivity contribution >= 4 is 11.7 Å². The number of hydrogen-bond acceptors (Lipinski definition) is 5. The van der Waals surface area contributed by atoms with Crippen molar-refractivity contribution in [3.8, 4) is 5.75 Å². The summed E-state index contributed by atoms with van der Waals surface area (Å²) in [7, 11) is 0. The Hall–Kier alpha value is -2.05. The quantitative estimate of drug-likeness (QED) is 0.708. The van der Waals surface area contributed by atoms with Crippen molar-refractivity contribution in [3.05, 3.63) is 35.4 Å². The molecule has 6 heteroatoms. The van der Waals surface area contributed by atoms with Gasteiger partial charge in [0.25, 0.3) is 0 Å². The van der Waals surface area contributed by atoms with Crippen molar-refractivity contribution in [2.75, 3.05) is 26.4 Å². The fourth-order valence-corrected chi connectivity index (χ4v) is 5.12. The van der Waals surface area contributed by atoms with E-state index in [0.29, 0.717) is 12.3 Å². The van der Waals surface area contributed by atoms with Crippen LogP contribution in [0, 0.1) is 5.92 Å². The predicted octanol–water partition coefficient (Wildman–Crippen LogP) is 4.80. The number of benzene rings is 1. The van der Waals surface area contributed by atoms with Crippen molar-refractivity contribution in [2.24, 2.45) is 5.92 Å². The number of amides is 1. The van der Waals surface area contributed by atoms with E-state index in [1.54, 1.807) is 0 Å². The zero-order chi connectivity index (χ0) is 22.7. The third kappa shape index (κ3) is 5.46. The molecule has 3 aliphatic rings. The van der Waals surface area contributed by atoms with Crippen LogP contribution < -0.4 is 4.74 Å². The van der Waals surface area contributed by atoms with E-state index in [0.717, 1.165) is 74.4 Å². The van der Waals surface area contributed by atoms with E-state index in [4.69, 9.17) is 14.2 Å². The van der Waals surface area contributed by atoms with E-state index in [9.17, 15) is 9.90 Å². The number of hydrogen-bond donors (Lipinski definition) is 1. The molecule has 2 atom stereocenters. The van der Waals surface area contributed by atoms with Crippen LogP contribution in [0.4, 0.5) is 4.79 Å². The minimum absolute atomic E-state index is 0.0166. The molecule has 2 saturated heterocycles. The lowest BCUT2D eigenvalue weighted by Crippen LogP contribution is -2.43. The van der Waals surface area contributed by atoms with Gasteiger partial charge in [0.2, 0.25) is 0 Å². The molecule has 4 rings (SSSR count). The summed E-state index contributed by atoms with van der Waals surface area (Å²) in [5, 5.41) is 10.1. The zero-order valence-corrected chi connectivity index (χ0v) is 19.6. The van der Waals surface area contributed by atoms with Crippen LogP contribution in [0.5, 0.6) is 5.75 Å². The first-order chi connectivity index (χ1) is 15.3. The molecule has 2 fully saturated rings. The van der Waals surface area contributed by atoms with Crippen molar-refractivity contribution in [3.63, 3.8) is 0 Å². The van der Waals surface area contributed by atoms with Gasteiger partial charge in [0, 0.05) is 25.3 Å². The Morgan fingerprint density at radius 2 is 1.72 bits per heavy atom. The number of nitrogens with zero attached hydrogens (tertiary/aromatic N) is 1. The zero-order valence-electron chi connectivity index (χ0n) is 19.6. The maximum atomic E-state index is 12.9. The van der Waals surface area contributed by atoms with Crippen LogP contribution in [0.3, 0.4) is 0 Å². The minimum atomic E-state index is -0.515. The standard InChI is InChI=1S/C26H37NO5/c1-26(2,3)32-25(29)27-21-6-7-22(27)15-24(20(14-21)16-28)19-4-8-23(9-5-19)31-17-18-10-12-30-13-11-18/h4-5,8-9,18,21-22,28H,6-7,10-17H2,1-3H3. The van der Waals surface area contributed by atoms with E-state index < -0.39 is 5.60 Å². The maximum absolute atomic E-state index is 12.9.